The number of benzene rings is 1. The van der Waals surface area contributed by atoms with Gasteiger partial charge in [-0.1, -0.05) is 18.2 Å². The van der Waals surface area contributed by atoms with Gasteiger partial charge in [-0.2, -0.15) is 0 Å². The molecule has 1 aliphatic rings. The molecule has 0 spiro atoms. The van der Waals surface area contributed by atoms with Gasteiger partial charge in [-0.15, -0.1) is 0 Å². The van der Waals surface area contributed by atoms with Crippen LogP contribution in [-0.4, -0.2) is 10.5 Å². The highest BCUT2D eigenvalue weighted by Crippen LogP contribution is 2.24. The third-order valence-electron chi connectivity index (χ3n) is 3.48. The van der Waals surface area contributed by atoms with Gasteiger partial charge >= 0.3 is 0 Å². The molecule has 1 aliphatic heterocycles. The lowest BCUT2D eigenvalue weighted by molar-refractivity contribution is -0.113. The van der Waals surface area contributed by atoms with Gasteiger partial charge in [0.05, 0.1) is 5.52 Å². The van der Waals surface area contributed by atoms with E-state index in [4.69, 9.17) is 5.73 Å². The third-order valence-corrected chi connectivity index (χ3v) is 3.48. The Balaban J connectivity index is 2.31. The summed E-state index contributed by atoms with van der Waals surface area (Å²) in [5, 5.41) is 1.03. The second-order valence-electron chi connectivity index (χ2n) is 4.75. The summed E-state index contributed by atoms with van der Waals surface area (Å²) in [6, 6.07) is 7.87. The lowest BCUT2D eigenvalue weighted by Crippen LogP contribution is -2.26. The van der Waals surface area contributed by atoms with Crippen LogP contribution >= 0.6 is 0 Å². The Hall–Kier alpha value is -2.36. The number of nitrogens with zero attached hydrogens (tertiary/aromatic N) is 1. The number of amides is 1. The number of rotatable bonds is 2. The van der Waals surface area contributed by atoms with E-state index in [1.807, 2.05) is 18.2 Å². The molecule has 0 radical (unpaired) electrons. The molecule has 0 saturated carbocycles. The second-order valence-corrected chi connectivity index (χ2v) is 4.75. The first-order chi connectivity index (χ1) is 9.16. The van der Waals surface area contributed by atoms with Crippen molar-refractivity contribution in [2.75, 3.05) is 0 Å². The summed E-state index contributed by atoms with van der Waals surface area (Å²) in [6.07, 6.45) is 4.69. The number of nitrogens with two attached hydrogens (primary N) is 1. The van der Waals surface area contributed by atoms with E-state index in [1.54, 1.807) is 4.57 Å². The molecule has 1 aromatic carbocycles. The van der Waals surface area contributed by atoms with Crippen molar-refractivity contribution >= 4 is 22.9 Å². The molecule has 2 N–H and O–H groups in total. The van der Waals surface area contributed by atoms with Gasteiger partial charge in [0.2, 0.25) is 5.91 Å². The fourth-order valence-corrected chi connectivity index (χ4v) is 2.68. The molecule has 3 rings (SSSR count). The monoisotopic (exact) mass is 254 g/mol. The van der Waals surface area contributed by atoms with E-state index in [1.165, 1.54) is 17.7 Å². The summed E-state index contributed by atoms with van der Waals surface area (Å²) < 4.78 is 1.80. The summed E-state index contributed by atoms with van der Waals surface area (Å²) in [6.45, 7) is 0.727. The van der Waals surface area contributed by atoms with Crippen LogP contribution in [-0.2, 0) is 17.8 Å². The molecule has 1 aromatic heterocycles. The van der Waals surface area contributed by atoms with Crippen molar-refractivity contribution in [3.8, 4) is 0 Å². The highest BCUT2D eigenvalue weighted by molar-refractivity contribution is 5.91. The Morgan fingerprint density at radius 2 is 2.21 bits per heavy atom. The summed E-state index contributed by atoms with van der Waals surface area (Å²) in [5.74, 6) is -0.549. The number of carbonyl (C=O) groups excluding carboxylic acids is 1. The molecule has 0 bridgehead atoms. The van der Waals surface area contributed by atoms with Crippen LogP contribution in [0.25, 0.3) is 17.0 Å². The minimum Gasteiger partial charge on any atom is -0.366 e. The maximum Gasteiger partial charge on any atom is 0.258 e. The standard InChI is InChI=1S/C15H14N2O2/c16-13(18)7-6-12-9-11-4-1-3-10-5-2-8-17(14(10)11)15(12)19/h1,3-4,6-7,9H,2,5,8H2,(H2,16,18)/b7-6+. The van der Waals surface area contributed by atoms with Gasteiger partial charge in [-0.3, -0.25) is 9.59 Å². The largest absolute Gasteiger partial charge is 0.366 e. The zero-order valence-electron chi connectivity index (χ0n) is 10.4. The number of aryl methyl sites for hydroxylation is 2. The predicted octanol–water partition coefficient (Wildman–Crippen LogP) is 1.45. The number of primary amides is 1. The topological polar surface area (TPSA) is 65.1 Å². The van der Waals surface area contributed by atoms with Crippen LogP contribution < -0.4 is 11.3 Å². The predicted molar refractivity (Wildman–Crippen MR) is 74.8 cm³/mol. The molecule has 19 heavy (non-hydrogen) atoms. The van der Waals surface area contributed by atoms with Gasteiger partial charge in [0.15, 0.2) is 0 Å². The summed E-state index contributed by atoms with van der Waals surface area (Å²) in [7, 11) is 0. The van der Waals surface area contributed by atoms with Crippen LogP contribution in [0.5, 0.6) is 0 Å². The number of hydrogen-bond acceptors (Lipinski definition) is 2. The van der Waals surface area contributed by atoms with Crippen LogP contribution in [0.15, 0.2) is 35.1 Å². The number of para-hydroxylation sites is 1. The van der Waals surface area contributed by atoms with E-state index >= 15 is 0 Å². The van der Waals surface area contributed by atoms with Crippen molar-refractivity contribution in [1.82, 2.24) is 4.57 Å². The summed E-state index contributed by atoms with van der Waals surface area (Å²) in [5.41, 5.74) is 7.76. The Kier molecular flexibility index (Phi) is 2.71. The Bertz CT molecular complexity index is 757. The van der Waals surface area contributed by atoms with Gasteiger partial charge in [0, 0.05) is 18.2 Å². The number of hydrogen-bond donors (Lipinski definition) is 1. The van der Waals surface area contributed by atoms with Crippen molar-refractivity contribution in [3.63, 3.8) is 0 Å². The average molecular weight is 254 g/mol. The van der Waals surface area contributed by atoms with Crippen molar-refractivity contribution in [2.24, 2.45) is 5.73 Å². The van der Waals surface area contributed by atoms with Gasteiger partial charge < -0.3 is 10.3 Å². The molecule has 0 atom stereocenters. The minimum absolute atomic E-state index is 0.0582. The zero-order chi connectivity index (χ0) is 13.4. The highest BCUT2D eigenvalue weighted by Gasteiger charge is 2.14. The van der Waals surface area contributed by atoms with E-state index in [0.29, 0.717) is 5.56 Å². The minimum atomic E-state index is -0.549. The summed E-state index contributed by atoms with van der Waals surface area (Å²) in [4.78, 5) is 23.2. The molecule has 4 heteroatoms. The quantitative estimate of drug-likeness (QED) is 0.824. The van der Waals surface area contributed by atoms with Crippen molar-refractivity contribution in [3.05, 3.63) is 51.8 Å². The van der Waals surface area contributed by atoms with Crippen molar-refractivity contribution < 1.29 is 4.79 Å². The van der Waals surface area contributed by atoms with E-state index < -0.39 is 5.91 Å². The van der Waals surface area contributed by atoms with E-state index in [2.05, 4.69) is 6.07 Å². The average Bonchev–Trinajstić information content (AvgIpc) is 2.41. The molecule has 0 unspecified atom stereocenters. The Morgan fingerprint density at radius 1 is 1.37 bits per heavy atom. The van der Waals surface area contributed by atoms with E-state index in [9.17, 15) is 9.59 Å². The summed E-state index contributed by atoms with van der Waals surface area (Å²) >= 11 is 0. The molecule has 0 aliphatic carbocycles. The third kappa shape index (κ3) is 1.95. The van der Waals surface area contributed by atoms with Crippen LogP contribution in [0.1, 0.15) is 17.5 Å². The fraction of sp³-hybridized carbons (Fsp3) is 0.200. The molecule has 1 amide bonds. The van der Waals surface area contributed by atoms with Crippen LogP contribution in [0, 0.1) is 0 Å². The van der Waals surface area contributed by atoms with Gasteiger partial charge in [0.25, 0.3) is 5.56 Å². The normalized spacial score (nSPS) is 14.1. The lowest BCUT2D eigenvalue weighted by atomic mass is 10.00. The molecular weight excluding hydrogens is 240 g/mol. The van der Waals surface area contributed by atoms with Gasteiger partial charge in [-0.05, 0) is 35.9 Å². The Morgan fingerprint density at radius 3 is 3.00 bits per heavy atom. The molecule has 2 heterocycles. The smallest absolute Gasteiger partial charge is 0.258 e. The molecule has 4 nitrogen and oxygen atoms in total. The zero-order valence-corrected chi connectivity index (χ0v) is 10.4. The van der Waals surface area contributed by atoms with E-state index in [-0.39, 0.29) is 5.56 Å². The van der Waals surface area contributed by atoms with Gasteiger partial charge in [-0.25, -0.2) is 0 Å². The van der Waals surface area contributed by atoms with Crippen molar-refractivity contribution in [1.29, 1.82) is 0 Å². The number of aromatic nitrogens is 1. The van der Waals surface area contributed by atoms with Crippen LogP contribution in [0.2, 0.25) is 0 Å². The highest BCUT2D eigenvalue weighted by atomic mass is 16.1. The first kappa shape index (κ1) is 11.7. The Labute approximate surface area is 110 Å². The molecule has 0 fully saturated rings. The lowest BCUT2D eigenvalue weighted by Gasteiger charge is -2.19. The first-order valence-electron chi connectivity index (χ1n) is 6.30. The number of carbonyl (C=O) groups is 1. The maximum absolute atomic E-state index is 12.4. The molecule has 96 valence electrons. The second kappa shape index (κ2) is 4.39. The van der Waals surface area contributed by atoms with Crippen LogP contribution in [0.4, 0.5) is 0 Å². The van der Waals surface area contributed by atoms with Gasteiger partial charge in [0.1, 0.15) is 0 Å². The number of pyridine rings is 1. The van der Waals surface area contributed by atoms with Crippen molar-refractivity contribution in [2.45, 2.75) is 19.4 Å². The molecule has 2 aromatic rings. The van der Waals surface area contributed by atoms with Crippen LogP contribution in [0.3, 0.4) is 0 Å². The first-order valence-corrected chi connectivity index (χ1v) is 6.30. The van der Waals surface area contributed by atoms with E-state index in [0.717, 1.165) is 30.3 Å². The molecule has 0 saturated heterocycles. The maximum atomic E-state index is 12.4. The molecular formula is C15H14N2O2. The fourth-order valence-electron chi connectivity index (χ4n) is 2.68. The SMILES string of the molecule is NC(=O)/C=C/c1cc2cccc3c2n(c1=O)CCC3.